The van der Waals surface area contributed by atoms with Crippen LogP contribution >= 0.6 is 0 Å². The molecule has 0 aromatic heterocycles. The van der Waals surface area contributed by atoms with Crippen LogP contribution in [0, 0.1) is 0 Å². The molecule has 0 spiro atoms. The number of hydrogen-bond acceptors (Lipinski definition) is 2. The van der Waals surface area contributed by atoms with Crippen LogP contribution in [0.2, 0.25) is 13.1 Å². The van der Waals surface area contributed by atoms with E-state index in [0.717, 1.165) is 13.0 Å². The third-order valence-corrected chi connectivity index (χ3v) is 4.52. The maximum absolute atomic E-state index is 6.04. The van der Waals surface area contributed by atoms with Crippen molar-refractivity contribution in [2.24, 2.45) is 0 Å². The normalized spacial score (nSPS) is 14.1. The minimum atomic E-state index is -1.87. The van der Waals surface area contributed by atoms with Gasteiger partial charge in [-0.25, -0.2) is 0 Å². The molecule has 2 nitrogen and oxygen atoms in total. The zero-order chi connectivity index (χ0) is 12.4. The molecule has 0 heterocycles. The minimum absolute atomic E-state index is 0.354. The lowest BCUT2D eigenvalue weighted by molar-refractivity contribution is 0.122. The zero-order valence-electron chi connectivity index (χ0n) is 11.8. The first kappa shape index (κ1) is 16.1. The van der Waals surface area contributed by atoms with E-state index in [9.17, 15) is 0 Å². The molecule has 0 saturated heterocycles. The summed E-state index contributed by atoms with van der Waals surface area (Å²) in [6.45, 7) is 11.8. The zero-order valence-corrected chi connectivity index (χ0v) is 12.8. The Balaban J connectivity index is 3.66. The molecule has 16 heavy (non-hydrogen) atoms. The summed E-state index contributed by atoms with van der Waals surface area (Å²) in [4.78, 5) is 0. The largest absolute Gasteiger partial charge is 0.395 e. The lowest BCUT2D eigenvalue weighted by atomic mass is 10.2. The van der Waals surface area contributed by atoms with Crippen molar-refractivity contribution in [1.29, 1.82) is 0 Å². The highest BCUT2D eigenvalue weighted by Gasteiger charge is 2.26. The molecule has 0 fully saturated rings. The minimum Gasteiger partial charge on any atom is -0.395 e. The molecule has 0 aliphatic heterocycles. The molecule has 0 N–H and O–H groups in total. The third kappa shape index (κ3) is 9.37. The lowest BCUT2D eigenvalue weighted by Gasteiger charge is -2.27. The number of unbranched alkanes of at least 4 members (excludes halogenated alkanes) is 3. The Morgan fingerprint density at radius 2 is 1.62 bits per heavy atom. The quantitative estimate of drug-likeness (QED) is 0.418. The Labute approximate surface area is 103 Å². The van der Waals surface area contributed by atoms with Gasteiger partial charge in [-0.15, -0.1) is 0 Å². The van der Waals surface area contributed by atoms with Gasteiger partial charge in [0.25, 0.3) is 0 Å². The second kappa shape index (κ2) is 9.20. The molecule has 0 aromatic carbocycles. The van der Waals surface area contributed by atoms with Crippen molar-refractivity contribution in [1.82, 2.24) is 0 Å². The summed E-state index contributed by atoms with van der Waals surface area (Å²) < 4.78 is 11.9. The van der Waals surface area contributed by atoms with Gasteiger partial charge in [0, 0.05) is 12.7 Å². The van der Waals surface area contributed by atoms with E-state index in [4.69, 9.17) is 8.85 Å². The van der Waals surface area contributed by atoms with Gasteiger partial charge >= 0.3 is 8.56 Å². The Hall–Kier alpha value is 0.137. The van der Waals surface area contributed by atoms with Gasteiger partial charge in [0.1, 0.15) is 0 Å². The van der Waals surface area contributed by atoms with Crippen molar-refractivity contribution in [3.63, 3.8) is 0 Å². The molecule has 0 aromatic rings. The SMILES string of the molecule is CCCCCO[Si](C)(C)OC(C)CCCC. The van der Waals surface area contributed by atoms with Crippen molar-refractivity contribution >= 4 is 8.56 Å². The Bertz CT molecular complexity index is 160. The topological polar surface area (TPSA) is 18.5 Å². The molecule has 1 unspecified atom stereocenters. The average molecular weight is 246 g/mol. The van der Waals surface area contributed by atoms with E-state index in [1.54, 1.807) is 0 Å². The third-order valence-electron chi connectivity index (χ3n) is 2.65. The fourth-order valence-electron chi connectivity index (χ4n) is 1.74. The van der Waals surface area contributed by atoms with Crippen LogP contribution in [0.1, 0.15) is 59.3 Å². The molecule has 0 radical (unpaired) electrons. The maximum Gasteiger partial charge on any atom is 0.331 e. The van der Waals surface area contributed by atoms with Gasteiger partial charge < -0.3 is 8.85 Å². The van der Waals surface area contributed by atoms with Crippen LogP contribution in [-0.4, -0.2) is 21.3 Å². The van der Waals surface area contributed by atoms with Crippen LogP contribution in [0.25, 0.3) is 0 Å². The molecule has 0 rings (SSSR count). The van der Waals surface area contributed by atoms with Crippen LogP contribution in [0.4, 0.5) is 0 Å². The van der Waals surface area contributed by atoms with Crippen molar-refractivity contribution in [2.45, 2.75) is 78.5 Å². The fraction of sp³-hybridized carbons (Fsp3) is 1.00. The molecule has 0 aliphatic carbocycles. The molecule has 3 heteroatoms. The van der Waals surface area contributed by atoms with E-state index in [0.29, 0.717) is 6.10 Å². The fourth-order valence-corrected chi connectivity index (χ4v) is 3.53. The van der Waals surface area contributed by atoms with E-state index in [1.807, 2.05) is 0 Å². The van der Waals surface area contributed by atoms with Crippen LogP contribution in [0.3, 0.4) is 0 Å². The molecule has 0 amide bonds. The summed E-state index contributed by atoms with van der Waals surface area (Å²) in [6.07, 6.45) is 7.68. The summed E-state index contributed by atoms with van der Waals surface area (Å²) in [5, 5.41) is 0. The van der Waals surface area contributed by atoms with Gasteiger partial charge in [-0.2, -0.15) is 0 Å². The first-order valence-electron chi connectivity index (χ1n) is 6.83. The molecule has 1 atom stereocenters. The molecular weight excluding hydrogens is 216 g/mol. The smallest absolute Gasteiger partial charge is 0.331 e. The molecule has 0 aliphatic rings. The average Bonchev–Trinajstić information content (AvgIpc) is 2.21. The monoisotopic (exact) mass is 246 g/mol. The van der Waals surface area contributed by atoms with Gasteiger partial charge in [-0.1, -0.05) is 39.5 Å². The summed E-state index contributed by atoms with van der Waals surface area (Å²) >= 11 is 0. The molecule has 0 bridgehead atoms. The molecule has 0 saturated carbocycles. The van der Waals surface area contributed by atoms with Crippen LogP contribution in [0.5, 0.6) is 0 Å². The highest BCUT2D eigenvalue weighted by molar-refractivity contribution is 6.64. The van der Waals surface area contributed by atoms with E-state index < -0.39 is 8.56 Å². The second-order valence-electron chi connectivity index (χ2n) is 5.03. The predicted molar refractivity (Wildman–Crippen MR) is 73.0 cm³/mol. The number of hydrogen-bond donors (Lipinski definition) is 0. The summed E-state index contributed by atoms with van der Waals surface area (Å²) in [7, 11) is -1.87. The first-order valence-corrected chi connectivity index (χ1v) is 9.65. The maximum atomic E-state index is 6.04. The van der Waals surface area contributed by atoms with Gasteiger partial charge in [0.05, 0.1) is 0 Å². The Kier molecular flexibility index (Phi) is 9.28. The number of rotatable bonds is 10. The van der Waals surface area contributed by atoms with Gasteiger partial charge in [-0.3, -0.25) is 0 Å². The summed E-state index contributed by atoms with van der Waals surface area (Å²) in [6, 6.07) is 0. The molecular formula is C13H30O2Si. The van der Waals surface area contributed by atoms with Crippen molar-refractivity contribution < 1.29 is 8.85 Å². The summed E-state index contributed by atoms with van der Waals surface area (Å²) in [5.74, 6) is 0. The van der Waals surface area contributed by atoms with E-state index in [2.05, 4.69) is 33.9 Å². The van der Waals surface area contributed by atoms with Crippen LogP contribution < -0.4 is 0 Å². The second-order valence-corrected chi connectivity index (χ2v) is 8.35. The van der Waals surface area contributed by atoms with Gasteiger partial charge in [-0.05, 0) is 32.9 Å². The highest BCUT2D eigenvalue weighted by Crippen LogP contribution is 2.14. The van der Waals surface area contributed by atoms with E-state index >= 15 is 0 Å². The van der Waals surface area contributed by atoms with Crippen molar-refractivity contribution in [2.75, 3.05) is 6.61 Å². The molecule has 98 valence electrons. The predicted octanol–water partition coefficient (Wildman–Crippen LogP) is 4.49. The first-order chi connectivity index (χ1) is 7.52. The van der Waals surface area contributed by atoms with Crippen LogP contribution in [-0.2, 0) is 8.85 Å². The van der Waals surface area contributed by atoms with Crippen LogP contribution in [0.15, 0.2) is 0 Å². The Morgan fingerprint density at radius 3 is 2.19 bits per heavy atom. The van der Waals surface area contributed by atoms with E-state index in [-0.39, 0.29) is 0 Å². The summed E-state index contributed by atoms with van der Waals surface area (Å²) in [5.41, 5.74) is 0. The van der Waals surface area contributed by atoms with Gasteiger partial charge in [0.2, 0.25) is 0 Å². The lowest BCUT2D eigenvalue weighted by Crippen LogP contribution is -2.38. The Morgan fingerprint density at radius 1 is 1.00 bits per heavy atom. The standard InChI is InChI=1S/C13H30O2Si/c1-6-8-10-12-14-16(4,5)15-13(3)11-9-7-2/h13H,6-12H2,1-5H3. The van der Waals surface area contributed by atoms with Gasteiger partial charge in [0.15, 0.2) is 0 Å². The van der Waals surface area contributed by atoms with Crippen molar-refractivity contribution in [3.05, 3.63) is 0 Å². The van der Waals surface area contributed by atoms with Crippen molar-refractivity contribution in [3.8, 4) is 0 Å². The highest BCUT2D eigenvalue weighted by atomic mass is 28.4. The van der Waals surface area contributed by atoms with E-state index in [1.165, 1.54) is 32.1 Å².